The molecule has 1 amide bonds. The predicted molar refractivity (Wildman–Crippen MR) is 80.4 cm³/mol. The first-order chi connectivity index (χ1) is 9.80. The quantitative estimate of drug-likeness (QED) is 0.658. The van der Waals surface area contributed by atoms with E-state index >= 15 is 0 Å². The highest BCUT2D eigenvalue weighted by atomic mass is 32.2. The largest absolute Gasteiger partial charge is 0.341 e. The summed E-state index contributed by atoms with van der Waals surface area (Å²) in [7, 11) is -3.67. The number of hydrogen-bond donors (Lipinski definition) is 3. The number of carbonyl (C=O) groups excluding carboxylic acids is 1. The summed E-state index contributed by atoms with van der Waals surface area (Å²) < 4.78 is 24.2. The first-order valence-electron chi connectivity index (χ1n) is 7.66. The van der Waals surface area contributed by atoms with Crippen LogP contribution in [-0.2, 0) is 15.0 Å². The molecule has 2 fully saturated rings. The number of piperidine rings is 1. The molecule has 1 saturated heterocycles. The number of amides is 1. The standard InChI is InChI=1S/C13H26N4O3S/c14-13(6-2-1-3-7-13)12(18)17-8-4-5-11(10-17)9-16-21(15,19)20/h11,16H,1-10,14H2,(H2,15,19,20). The molecule has 0 spiro atoms. The number of likely N-dealkylation sites (tertiary alicyclic amines) is 1. The molecule has 1 saturated carbocycles. The number of nitrogens with two attached hydrogens (primary N) is 2. The van der Waals surface area contributed by atoms with Gasteiger partial charge in [0.05, 0.1) is 5.54 Å². The Morgan fingerprint density at radius 1 is 1.24 bits per heavy atom. The first kappa shape index (κ1) is 16.7. The Kier molecular flexibility index (Phi) is 5.24. The molecule has 1 heterocycles. The summed E-state index contributed by atoms with van der Waals surface area (Å²) in [5.74, 6) is 0.135. The van der Waals surface area contributed by atoms with Crippen LogP contribution in [0.5, 0.6) is 0 Å². The lowest BCUT2D eigenvalue weighted by Crippen LogP contribution is -2.58. The van der Waals surface area contributed by atoms with Gasteiger partial charge >= 0.3 is 0 Å². The van der Waals surface area contributed by atoms with Gasteiger partial charge in [0.1, 0.15) is 0 Å². The molecular formula is C13H26N4O3S. The SMILES string of the molecule is NC1(C(=O)N2CCCC(CNS(N)(=O)=O)C2)CCCCC1. The Morgan fingerprint density at radius 3 is 2.52 bits per heavy atom. The lowest BCUT2D eigenvalue weighted by atomic mass is 9.81. The van der Waals surface area contributed by atoms with E-state index in [0.29, 0.717) is 13.1 Å². The van der Waals surface area contributed by atoms with Crippen molar-refractivity contribution in [2.45, 2.75) is 50.5 Å². The topological polar surface area (TPSA) is 119 Å². The van der Waals surface area contributed by atoms with Crippen molar-refractivity contribution in [1.29, 1.82) is 0 Å². The van der Waals surface area contributed by atoms with E-state index in [1.807, 2.05) is 4.90 Å². The fraction of sp³-hybridized carbons (Fsp3) is 0.923. The molecule has 21 heavy (non-hydrogen) atoms. The molecule has 2 rings (SSSR count). The second kappa shape index (κ2) is 6.60. The van der Waals surface area contributed by atoms with Crippen LogP contribution in [0.25, 0.3) is 0 Å². The Balaban J connectivity index is 1.92. The normalized spacial score (nSPS) is 26.6. The molecule has 0 radical (unpaired) electrons. The van der Waals surface area contributed by atoms with Gasteiger partial charge < -0.3 is 10.6 Å². The van der Waals surface area contributed by atoms with Crippen LogP contribution in [0.4, 0.5) is 0 Å². The van der Waals surface area contributed by atoms with Gasteiger partial charge in [0.25, 0.3) is 10.2 Å². The van der Waals surface area contributed by atoms with E-state index in [1.165, 1.54) is 0 Å². The highest BCUT2D eigenvalue weighted by Gasteiger charge is 2.39. The van der Waals surface area contributed by atoms with Crippen LogP contribution in [0.2, 0.25) is 0 Å². The van der Waals surface area contributed by atoms with Gasteiger partial charge in [0.2, 0.25) is 5.91 Å². The number of carbonyl (C=O) groups is 1. The van der Waals surface area contributed by atoms with Crippen LogP contribution >= 0.6 is 0 Å². The van der Waals surface area contributed by atoms with E-state index < -0.39 is 15.7 Å². The number of rotatable bonds is 4. The van der Waals surface area contributed by atoms with Crippen LogP contribution in [0.15, 0.2) is 0 Å². The number of nitrogens with one attached hydrogen (secondary N) is 1. The van der Waals surface area contributed by atoms with Gasteiger partial charge in [-0.3, -0.25) is 4.79 Å². The van der Waals surface area contributed by atoms with Gasteiger partial charge in [-0.25, -0.2) is 9.86 Å². The number of hydrogen-bond acceptors (Lipinski definition) is 4. The molecule has 0 aromatic carbocycles. The average molecular weight is 318 g/mol. The summed E-state index contributed by atoms with van der Waals surface area (Å²) in [6, 6.07) is 0. The minimum atomic E-state index is -3.67. The molecule has 0 aromatic rings. The van der Waals surface area contributed by atoms with Gasteiger partial charge in [0, 0.05) is 19.6 Å². The van der Waals surface area contributed by atoms with Crippen molar-refractivity contribution in [2.75, 3.05) is 19.6 Å². The molecule has 1 unspecified atom stereocenters. The summed E-state index contributed by atoms with van der Waals surface area (Å²) >= 11 is 0. The van der Waals surface area contributed by atoms with E-state index in [2.05, 4.69) is 4.72 Å². The third-order valence-electron chi connectivity index (χ3n) is 4.55. The smallest absolute Gasteiger partial charge is 0.274 e. The van der Waals surface area contributed by atoms with E-state index in [-0.39, 0.29) is 18.4 Å². The van der Waals surface area contributed by atoms with Gasteiger partial charge in [-0.2, -0.15) is 8.42 Å². The third kappa shape index (κ3) is 4.64. The summed E-state index contributed by atoms with van der Waals surface area (Å²) in [5.41, 5.74) is 5.58. The molecule has 0 bridgehead atoms. The minimum absolute atomic E-state index is 0.0301. The molecule has 7 nitrogen and oxygen atoms in total. The zero-order chi connectivity index (χ0) is 15.5. The Morgan fingerprint density at radius 2 is 1.90 bits per heavy atom. The molecule has 1 atom stereocenters. The Hall–Kier alpha value is -0.700. The highest BCUT2D eigenvalue weighted by Crippen LogP contribution is 2.29. The zero-order valence-electron chi connectivity index (χ0n) is 12.4. The van der Waals surface area contributed by atoms with Crippen molar-refractivity contribution >= 4 is 16.1 Å². The van der Waals surface area contributed by atoms with E-state index in [9.17, 15) is 13.2 Å². The molecule has 5 N–H and O–H groups in total. The number of nitrogens with zero attached hydrogens (tertiary/aromatic N) is 1. The van der Waals surface area contributed by atoms with Gasteiger partial charge in [-0.1, -0.05) is 19.3 Å². The van der Waals surface area contributed by atoms with E-state index in [1.54, 1.807) is 0 Å². The van der Waals surface area contributed by atoms with Crippen LogP contribution < -0.4 is 15.6 Å². The molecule has 122 valence electrons. The second-order valence-corrected chi connectivity index (χ2v) is 7.75. The van der Waals surface area contributed by atoms with Crippen molar-refractivity contribution < 1.29 is 13.2 Å². The maximum Gasteiger partial charge on any atom is 0.274 e. The average Bonchev–Trinajstić information content (AvgIpc) is 2.45. The molecule has 1 aliphatic heterocycles. The van der Waals surface area contributed by atoms with Crippen molar-refractivity contribution in [3.05, 3.63) is 0 Å². The van der Waals surface area contributed by atoms with Gasteiger partial charge in [-0.15, -0.1) is 0 Å². The van der Waals surface area contributed by atoms with E-state index in [4.69, 9.17) is 10.9 Å². The monoisotopic (exact) mass is 318 g/mol. The first-order valence-corrected chi connectivity index (χ1v) is 9.20. The third-order valence-corrected chi connectivity index (χ3v) is 5.12. The van der Waals surface area contributed by atoms with Crippen LogP contribution in [-0.4, -0.2) is 44.4 Å². The summed E-state index contributed by atoms with van der Waals surface area (Å²) in [5, 5.41) is 4.95. The van der Waals surface area contributed by atoms with Crippen LogP contribution in [0.3, 0.4) is 0 Å². The van der Waals surface area contributed by atoms with Crippen LogP contribution in [0.1, 0.15) is 44.9 Å². The molecule has 1 aliphatic carbocycles. The molecule has 0 aromatic heterocycles. The maximum absolute atomic E-state index is 12.7. The summed E-state index contributed by atoms with van der Waals surface area (Å²) in [6.45, 7) is 1.55. The fourth-order valence-electron chi connectivity index (χ4n) is 3.36. The second-order valence-electron chi connectivity index (χ2n) is 6.37. The molecular weight excluding hydrogens is 292 g/mol. The lowest BCUT2D eigenvalue weighted by Gasteiger charge is -2.40. The fourth-order valence-corrected chi connectivity index (χ4v) is 3.83. The lowest BCUT2D eigenvalue weighted by molar-refractivity contribution is -0.140. The minimum Gasteiger partial charge on any atom is -0.341 e. The Labute approximate surface area is 126 Å². The van der Waals surface area contributed by atoms with E-state index in [0.717, 1.165) is 44.9 Å². The molecule has 2 aliphatic rings. The van der Waals surface area contributed by atoms with Gasteiger partial charge in [0.15, 0.2) is 0 Å². The Bertz CT molecular complexity index is 474. The van der Waals surface area contributed by atoms with Gasteiger partial charge in [-0.05, 0) is 31.6 Å². The summed E-state index contributed by atoms with van der Waals surface area (Å²) in [6.07, 6.45) is 6.43. The summed E-state index contributed by atoms with van der Waals surface area (Å²) in [4.78, 5) is 14.5. The van der Waals surface area contributed by atoms with Crippen molar-refractivity contribution in [3.8, 4) is 0 Å². The zero-order valence-corrected chi connectivity index (χ0v) is 13.2. The highest BCUT2D eigenvalue weighted by molar-refractivity contribution is 7.87. The van der Waals surface area contributed by atoms with Crippen molar-refractivity contribution in [2.24, 2.45) is 16.8 Å². The van der Waals surface area contributed by atoms with Crippen molar-refractivity contribution in [1.82, 2.24) is 9.62 Å². The van der Waals surface area contributed by atoms with Crippen LogP contribution in [0, 0.1) is 5.92 Å². The van der Waals surface area contributed by atoms with Crippen molar-refractivity contribution in [3.63, 3.8) is 0 Å². The predicted octanol–water partition coefficient (Wildman–Crippen LogP) is -0.320. The maximum atomic E-state index is 12.7. The molecule has 8 heteroatoms.